The molecule has 3 amide bonds. The third kappa shape index (κ3) is 5.42. The Bertz CT molecular complexity index is 784. The Labute approximate surface area is 156 Å². The van der Waals surface area contributed by atoms with Gasteiger partial charge in [0.2, 0.25) is 11.8 Å². The van der Waals surface area contributed by atoms with Crippen LogP contribution in [0.25, 0.3) is 0 Å². The summed E-state index contributed by atoms with van der Waals surface area (Å²) < 4.78 is 0. The zero-order chi connectivity index (χ0) is 18.4. The number of anilines is 1. The second-order valence-corrected chi connectivity index (χ2v) is 7.14. The van der Waals surface area contributed by atoms with Gasteiger partial charge in [0, 0.05) is 19.0 Å². The van der Waals surface area contributed by atoms with E-state index in [4.69, 9.17) is 0 Å². The smallest absolute Gasteiger partial charge is 0.254 e. The van der Waals surface area contributed by atoms with Crippen LogP contribution in [0.1, 0.15) is 35.2 Å². The summed E-state index contributed by atoms with van der Waals surface area (Å²) in [7, 11) is 0. The van der Waals surface area contributed by atoms with Crippen LogP contribution in [-0.4, -0.2) is 30.3 Å². The van der Waals surface area contributed by atoms with Crippen LogP contribution < -0.4 is 16.0 Å². The molecule has 0 spiro atoms. The fourth-order valence-corrected chi connectivity index (χ4v) is 3.22. The van der Waals surface area contributed by atoms with Crippen molar-refractivity contribution >= 4 is 34.1 Å². The first-order valence-electron chi connectivity index (χ1n) is 8.60. The summed E-state index contributed by atoms with van der Waals surface area (Å²) in [5.74, 6) is -0.502. The monoisotopic (exact) mass is 371 g/mol. The lowest BCUT2D eigenvalue weighted by Crippen LogP contribution is -2.29. The van der Waals surface area contributed by atoms with Gasteiger partial charge in [0.1, 0.15) is 5.00 Å². The summed E-state index contributed by atoms with van der Waals surface area (Å²) in [5, 5.41) is 10.7. The molecule has 6 nitrogen and oxygen atoms in total. The molecule has 136 valence electrons. The molecule has 2 aromatic rings. The van der Waals surface area contributed by atoms with Gasteiger partial charge in [0.15, 0.2) is 0 Å². The fraction of sp³-hybridized carbons (Fsp3) is 0.316. The van der Waals surface area contributed by atoms with Crippen molar-refractivity contribution in [3.63, 3.8) is 0 Å². The highest BCUT2D eigenvalue weighted by atomic mass is 32.1. The first kappa shape index (κ1) is 18.1. The summed E-state index contributed by atoms with van der Waals surface area (Å²) in [6.07, 6.45) is 2.47. The van der Waals surface area contributed by atoms with Crippen LogP contribution in [0, 0.1) is 0 Å². The van der Waals surface area contributed by atoms with E-state index in [1.54, 1.807) is 11.4 Å². The molecule has 7 heteroatoms. The maximum Gasteiger partial charge on any atom is 0.254 e. The Hall–Kier alpha value is -2.67. The molecule has 1 aromatic heterocycles. The van der Waals surface area contributed by atoms with Gasteiger partial charge in [-0.05, 0) is 29.9 Å². The average molecular weight is 371 g/mol. The summed E-state index contributed by atoms with van der Waals surface area (Å²) in [6, 6.07) is 11.4. The lowest BCUT2D eigenvalue weighted by atomic mass is 10.1. The van der Waals surface area contributed by atoms with Crippen LogP contribution >= 0.6 is 11.3 Å². The highest BCUT2D eigenvalue weighted by molar-refractivity contribution is 7.14. The molecular weight excluding hydrogens is 350 g/mol. The predicted molar refractivity (Wildman–Crippen MR) is 101 cm³/mol. The van der Waals surface area contributed by atoms with Crippen LogP contribution in [-0.2, 0) is 16.0 Å². The van der Waals surface area contributed by atoms with E-state index in [1.165, 1.54) is 11.3 Å². The van der Waals surface area contributed by atoms with E-state index in [2.05, 4.69) is 16.0 Å². The van der Waals surface area contributed by atoms with E-state index in [1.807, 2.05) is 30.3 Å². The van der Waals surface area contributed by atoms with Crippen molar-refractivity contribution in [3.8, 4) is 0 Å². The Kier molecular flexibility index (Phi) is 6.01. The lowest BCUT2D eigenvalue weighted by Gasteiger charge is -2.08. The lowest BCUT2D eigenvalue weighted by molar-refractivity contribution is -0.120. The van der Waals surface area contributed by atoms with E-state index >= 15 is 0 Å². The summed E-state index contributed by atoms with van der Waals surface area (Å²) in [6.45, 7) is 0.256. The van der Waals surface area contributed by atoms with Gasteiger partial charge >= 0.3 is 0 Å². The Balaban J connectivity index is 1.41. The minimum atomic E-state index is -0.229. The third-order valence-electron chi connectivity index (χ3n) is 3.96. The molecule has 1 fully saturated rings. The largest absolute Gasteiger partial charge is 0.355 e. The van der Waals surface area contributed by atoms with Gasteiger partial charge in [-0.25, -0.2) is 0 Å². The summed E-state index contributed by atoms with van der Waals surface area (Å²) in [4.78, 5) is 36.1. The molecule has 26 heavy (non-hydrogen) atoms. The van der Waals surface area contributed by atoms with Gasteiger partial charge in [-0.3, -0.25) is 14.4 Å². The van der Waals surface area contributed by atoms with Crippen molar-refractivity contribution in [1.82, 2.24) is 10.6 Å². The second kappa shape index (κ2) is 8.62. The zero-order valence-electron chi connectivity index (χ0n) is 14.3. The standard InChI is InChI=1S/C19H21N3O3S/c23-16(8-10-20-17(24)12-13-4-2-1-3-5-13)22-19-15(9-11-26-19)18(25)21-14-6-7-14/h1-5,9,11,14H,6-8,10,12H2,(H,20,24)(H,21,25)(H,22,23). The van der Waals surface area contributed by atoms with E-state index in [0.29, 0.717) is 17.0 Å². The molecule has 0 saturated heterocycles. The Morgan fingerprint density at radius 2 is 1.81 bits per heavy atom. The molecule has 1 heterocycles. The third-order valence-corrected chi connectivity index (χ3v) is 4.79. The van der Waals surface area contributed by atoms with Gasteiger partial charge in [0.05, 0.1) is 12.0 Å². The maximum atomic E-state index is 12.1. The molecule has 0 radical (unpaired) electrons. The number of hydrogen-bond donors (Lipinski definition) is 3. The molecule has 1 aliphatic rings. The van der Waals surface area contributed by atoms with Gasteiger partial charge < -0.3 is 16.0 Å². The number of thiophene rings is 1. The number of rotatable bonds is 8. The molecule has 0 atom stereocenters. The fourth-order valence-electron chi connectivity index (χ4n) is 2.42. The van der Waals surface area contributed by atoms with Crippen molar-refractivity contribution in [2.45, 2.75) is 31.7 Å². The SMILES string of the molecule is O=C(Cc1ccccc1)NCCC(=O)Nc1sccc1C(=O)NC1CC1. The van der Waals surface area contributed by atoms with Crippen molar-refractivity contribution in [2.24, 2.45) is 0 Å². The van der Waals surface area contributed by atoms with Crippen molar-refractivity contribution in [2.75, 3.05) is 11.9 Å². The first-order chi connectivity index (χ1) is 12.6. The minimum Gasteiger partial charge on any atom is -0.355 e. The van der Waals surface area contributed by atoms with E-state index in [-0.39, 0.29) is 36.7 Å². The number of carbonyl (C=O) groups is 3. The van der Waals surface area contributed by atoms with E-state index in [9.17, 15) is 14.4 Å². The molecule has 1 aromatic carbocycles. The number of hydrogen-bond acceptors (Lipinski definition) is 4. The molecule has 1 saturated carbocycles. The average Bonchev–Trinajstić information content (AvgIpc) is 3.31. The molecule has 3 rings (SSSR count). The van der Waals surface area contributed by atoms with Crippen LogP contribution in [0.2, 0.25) is 0 Å². The highest BCUT2D eigenvalue weighted by Crippen LogP contribution is 2.25. The maximum absolute atomic E-state index is 12.1. The number of nitrogens with one attached hydrogen (secondary N) is 3. The predicted octanol–water partition coefficient (Wildman–Crippen LogP) is 2.33. The molecule has 1 aliphatic carbocycles. The van der Waals surface area contributed by atoms with Crippen molar-refractivity contribution < 1.29 is 14.4 Å². The Morgan fingerprint density at radius 3 is 2.54 bits per heavy atom. The van der Waals surface area contributed by atoms with Crippen LogP contribution in [0.15, 0.2) is 41.8 Å². The summed E-state index contributed by atoms with van der Waals surface area (Å²) >= 11 is 1.32. The van der Waals surface area contributed by atoms with E-state index in [0.717, 1.165) is 18.4 Å². The van der Waals surface area contributed by atoms with Gasteiger partial charge in [-0.1, -0.05) is 30.3 Å². The van der Waals surface area contributed by atoms with Crippen LogP contribution in [0.4, 0.5) is 5.00 Å². The Morgan fingerprint density at radius 1 is 1.04 bits per heavy atom. The normalized spacial score (nSPS) is 13.1. The highest BCUT2D eigenvalue weighted by Gasteiger charge is 2.25. The van der Waals surface area contributed by atoms with Gasteiger partial charge in [-0.2, -0.15) is 0 Å². The van der Waals surface area contributed by atoms with E-state index < -0.39 is 0 Å². The van der Waals surface area contributed by atoms with Crippen molar-refractivity contribution in [1.29, 1.82) is 0 Å². The molecule has 0 bridgehead atoms. The molecule has 0 aliphatic heterocycles. The van der Waals surface area contributed by atoms with Gasteiger partial charge in [-0.15, -0.1) is 11.3 Å². The van der Waals surface area contributed by atoms with Crippen molar-refractivity contribution in [3.05, 3.63) is 52.9 Å². The number of amides is 3. The zero-order valence-corrected chi connectivity index (χ0v) is 15.1. The summed E-state index contributed by atoms with van der Waals surface area (Å²) in [5.41, 5.74) is 1.42. The van der Waals surface area contributed by atoms with Crippen LogP contribution in [0.5, 0.6) is 0 Å². The van der Waals surface area contributed by atoms with Crippen LogP contribution in [0.3, 0.4) is 0 Å². The molecular formula is C19H21N3O3S. The molecule has 3 N–H and O–H groups in total. The topological polar surface area (TPSA) is 87.3 Å². The number of carbonyl (C=O) groups excluding carboxylic acids is 3. The number of benzene rings is 1. The minimum absolute atomic E-state index is 0.121. The second-order valence-electron chi connectivity index (χ2n) is 6.22. The first-order valence-corrected chi connectivity index (χ1v) is 9.48. The van der Waals surface area contributed by atoms with Gasteiger partial charge in [0.25, 0.3) is 5.91 Å². The molecule has 0 unspecified atom stereocenters. The quantitative estimate of drug-likeness (QED) is 0.665.